The first-order valence-electron chi connectivity index (χ1n) is 8.35. The van der Waals surface area contributed by atoms with Crippen LogP contribution in [-0.2, 0) is 4.79 Å². The molecular weight excluding hydrogens is 300 g/mol. The van der Waals surface area contributed by atoms with Gasteiger partial charge in [-0.05, 0) is 37.6 Å². The van der Waals surface area contributed by atoms with Crippen molar-refractivity contribution in [2.45, 2.75) is 33.6 Å². The highest BCUT2D eigenvalue weighted by Gasteiger charge is 2.13. The first-order valence-corrected chi connectivity index (χ1v) is 8.35. The maximum atomic E-state index is 12.1. The molecule has 24 heavy (non-hydrogen) atoms. The van der Waals surface area contributed by atoms with E-state index in [9.17, 15) is 4.79 Å². The third kappa shape index (κ3) is 3.48. The maximum absolute atomic E-state index is 12.1. The Kier molecular flexibility index (Phi) is 4.65. The van der Waals surface area contributed by atoms with Gasteiger partial charge < -0.3 is 9.73 Å². The van der Waals surface area contributed by atoms with E-state index in [4.69, 9.17) is 4.42 Å². The summed E-state index contributed by atoms with van der Waals surface area (Å²) in [6, 6.07) is 13.6. The second-order valence-electron chi connectivity index (χ2n) is 6.25. The van der Waals surface area contributed by atoms with Crippen LogP contribution in [0.25, 0.3) is 22.6 Å². The van der Waals surface area contributed by atoms with Crippen molar-refractivity contribution in [3.63, 3.8) is 0 Å². The third-order valence-electron chi connectivity index (χ3n) is 4.09. The number of carbonyl (C=O) groups is 1. The number of rotatable bonds is 5. The van der Waals surface area contributed by atoms with Crippen molar-refractivity contribution in [2.24, 2.45) is 5.92 Å². The molecule has 0 aliphatic rings. The molecule has 1 heterocycles. The summed E-state index contributed by atoms with van der Waals surface area (Å²) in [5.41, 5.74) is 4.31. The second-order valence-corrected chi connectivity index (χ2v) is 6.25. The topological polar surface area (TPSA) is 55.1 Å². The number of nitrogens with one attached hydrogen (secondary N) is 1. The smallest absolute Gasteiger partial charge is 0.227 e. The molecule has 0 saturated carbocycles. The third-order valence-corrected chi connectivity index (χ3v) is 4.09. The molecule has 0 aliphatic carbocycles. The van der Waals surface area contributed by atoms with Crippen LogP contribution < -0.4 is 5.32 Å². The van der Waals surface area contributed by atoms with Crippen LogP contribution in [0.5, 0.6) is 0 Å². The molecule has 0 spiro atoms. The Morgan fingerprint density at radius 1 is 1.25 bits per heavy atom. The molecule has 1 amide bonds. The Morgan fingerprint density at radius 2 is 2.08 bits per heavy atom. The summed E-state index contributed by atoms with van der Waals surface area (Å²) >= 11 is 0. The Bertz CT molecular complexity index is 867. The number of fused-ring (bicyclic) bond motifs is 1. The SMILES string of the molecule is CCCC(C)C(=O)Nc1ccc2nc(-c3cccc(C)c3)oc2c1. The van der Waals surface area contributed by atoms with Gasteiger partial charge in [0.15, 0.2) is 5.58 Å². The predicted octanol–water partition coefficient (Wildman–Crippen LogP) is 5.18. The number of carbonyl (C=O) groups excluding carboxylic acids is 1. The Balaban J connectivity index is 1.85. The minimum atomic E-state index is 0.00304. The minimum Gasteiger partial charge on any atom is -0.436 e. The predicted molar refractivity (Wildman–Crippen MR) is 96.9 cm³/mol. The highest BCUT2D eigenvalue weighted by atomic mass is 16.3. The van der Waals surface area contributed by atoms with E-state index in [1.807, 2.05) is 56.3 Å². The van der Waals surface area contributed by atoms with Crippen molar-refractivity contribution in [1.82, 2.24) is 4.98 Å². The molecule has 0 radical (unpaired) electrons. The molecule has 1 N–H and O–H groups in total. The number of aromatic nitrogens is 1. The van der Waals surface area contributed by atoms with Crippen molar-refractivity contribution in [3.05, 3.63) is 48.0 Å². The summed E-state index contributed by atoms with van der Waals surface area (Å²) in [6.45, 7) is 6.07. The summed E-state index contributed by atoms with van der Waals surface area (Å²) in [5, 5.41) is 2.95. The van der Waals surface area contributed by atoms with Gasteiger partial charge in [0.05, 0.1) is 0 Å². The largest absolute Gasteiger partial charge is 0.436 e. The van der Waals surface area contributed by atoms with E-state index >= 15 is 0 Å². The molecule has 0 aliphatic heterocycles. The van der Waals surface area contributed by atoms with Gasteiger partial charge in [-0.1, -0.05) is 38.0 Å². The molecule has 4 nitrogen and oxygen atoms in total. The van der Waals surface area contributed by atoms with E-state index in [0.29, 0.717) is 11.5 Å². The van der Waals surface area contributed by atoms with Gasteiger partial charge in [0.2, 0.25) is 11.8 Å². The number of hydrogen-bond donors (Lipinski definition) is 1. The lowest BCUT2D eigenvalue weighted by Gasteiger charge is -2.10. The fraction of sp³-hybridized carbons (Fsp3) is 0.300. The summed E-state index contributed by atoms with van der Waals surface area (Å²) in [7, 11) is 0. The number of anilines is 1. The average Bonchev–Trinajstić information content (AvgIpc) is 2.98. The molecule has 3 aromatic rings. The molecule has 124 valence electrons. The summed E-state index contributed by atoms with van der Waals surface area (Å²) < 4.78 is 5.88. The van der Waals surface area contributed by atoms with Crippen molar-refractivity contribution in [2.75, 3.05) is 5.32 Å². The average molecular weight is 322 g/mol. The molecule has 1 aromatic heterocycles. The van der Waals surface area contributed by atoms with E-state index in [-0.39, 0.29) is 11.8 Å². The normalized spacial score (nSPS) is 12.3. The molecule has 2 aromatic carbocycles. The van der Waals surface area contributed by atoms with Crippen LogP contribution in [0.4, 0.5) is 5.69 Å². The molecule has 1 unspecified atom stereocenters. The van der Waals surface area contributed by atoms with Gasteiger partial charge in [0.1, 0.15) is 5.52 Å². The van der Waals surface area contributed by atoms with Gasteiger partial charge in [-0.15, -0.1) is 0 Å². The standard InChI is InChI=1S/C20H22N2O2/c1-4-6-14(3)19(23)21-16-9-10-17-18(12-16)24-20(22-17)15-8-5-7-13(2)11-15/h5,7-12,14H,4,6H2,1-3H3,(H,21,23). The summed E-state index contributed by atoms with van der Waals surface area (Å²) in [6.07, 6.45) is 1.88. The number of amides is 1. The fourth-order valence-corrected chi connectivity index (χ4v) is 2.73. The highest BCUT2D eigenvalue weighted by Crippen LogP contribution is 2.27. The molecule has 4 heteroatoms. The lowest BCUT2D eigenvalue weighted by Crippen LogP contribution is -2.20. The fourth-order valence-electron chi connectivity index (χ4n) is 2.73. The van der Waals surface area contributed by atoms with Gasteiger partial charge in [-0.3, -0.25) is 4.79 Å². The van der Waals surface area contributed by atoms with Gasteiger partial charge in [0.25, 0.3) is 0 Å². The van der Waals surface area contributed by atoms with Crippen LogP contribution >= 0.6 is 0 Å². The van der Waals surface area contributed by atoms with Gasteiger partial charge in [-0.2, -0.15) is 0 Å². The van der Waals surface area contributed by atoms with Crippen LogP contribution in [-0.4, -0.2) is 10.9 Å². The molecule has 0 fully saturated rings. The number of oxazole rings is 1. The van der Waals surface area contributed by atoms with Crippen molar-refractivity contribution in [1.29, 1.82) is 0 Å². The molecule has 0 saturated heterocycles. The molecule has 1 atom stereocenters. The summed E-state index contributed by atoms with van der Waals surface area (Å²) in [4.78, 5) is 16.7. The number of hydrogen-bond acceptors (Lipinski definition) is 3. The number of nitrogens with zero attached hydrogens (tertiary/aromatic N) is 1. The lowest BCUT2D eigenvalue weighted by atomic mass is 10.1. The highest BCUT2D eigenvalue weighted by molar-refractivity contribution is 5.94. The first-order chi connectivity index (χ1) is 11.6. The van der Waals surface area contributed by atoms with Crippen LogP contribution in [0.1, 0.15) is 32.3 Å². The van der Waals surface area contributed by atoms with Crippen LogP contribution in [0.3, 0.4) is 0 Å². The maximum Gasteiger partial charge on any atom is 0.227 e. The van der Waals surface area contributed by atoms with E-state index in [2.05, 4.69) is 17.2 Å². The minimum absolute atomic E-state index is 0.00304. The van der Waals surface area contributed by atoms with Gasteiger partial charge in [-0.25, -0.2) is 4.98 Å². The van der Waals surface area contributed by atoms with Crippen LogP contribution in [0.15, 0.2) is 46.9 Å². The number of benzene rings is 2. The Morgan fingerprint density at radius 3 is 2.83 bits per heavy atom. The molecular formula is C20H22N2O2. The van der Waals surface area contributed by atoms with Crippen LogP contribution in [0.2, 0.25) is 0 Å². The summed E-state index contributed by atoms with van der Waals surface area (Å²) in [5.74, 6) is 0.634. The zero-order chi connectivity index (χ0) is 17.1. The lowest BCUT2D eigenvalue weighted by molar-refractivity contribution is -0.119. The van der Waals surface area contributed by atoms with E-state index < -0.39 is 0 Å². The Hall–Kier alpha value is -2.62. The zero-order valence-corrected chi connectivity index (χ0v) is 14.3. The van der Waals surface area contributed by atoms with Crippen LogP contribution in [0, 0.1) is 12.8 Å². The first kappa shape index (κ1) is 16.2. The number of aryl methyl sites for hydroxylation is 1. The zero-order valence-electron chi connectivity index (χ0n) is 14.3. The van der Waals surface area contributed by atoms with Gasteiger partial charge >= 0.3 is 0 Å². The van der Waals surface area contributed by atoms with E-state index in [0.717, 1.165) is 35.2 Å². The van der Waals surface area contributed by atoms with Crippen molar-refractivity contribution in [3.8, 4) is 11.5 Å². The van der Waals surface area contributed by atoms with E-state index in [1.54, 1.807) is 0 Å². The van der Waals surface area contributed by atoms with Crippen molar-refractivity contribution < 1.29 is 9.21 Å². The second kappa shape index (κ2) is 6.87. The Labute approximate surface area is 141 Å². The monoisotopic (exact) mass is 322 g/mol. The van der Waals surface area contributed by atoms with Crippen molar-refractivity contribution >= 4 is 22.7 Å². The quantitative estimate of drug-likeness (QED) is 0.704. The van der Waals surface area contributed by atoms with Gasteiger partial charge in [0, 0.05) is 23.2 Å². The molecule has 0 bridgehead atoms. The molecule has 3 rings (SSSR count). The van der Waals surface area contributed by atoms with E-state index in [1.165, 1.54) is 0 Å².